The molecule has 0 saturated heterocycles. The maximum atomic E-state index is 12.7. The van der Waals surface area contributed by atoms with E-state index in [0.717, 1.165) is 29.7 Å². The van der Waals surface area contributed by atoms with Crippen molar-refractivity contribution in [1.82, 2.24) is 14.8 Å². The summed E-state index contributed by atoms with van der Waals surface area (Å²) < 4.78 is 12.8. The summed E-state index contributed by atoms with van der Waals surface area (Å²) in [5.41, 5.74) is 1.49. The van der Waals surface area contributed by atoms with Gasteiger partial charge in [0.1, 0.15) is 10.8 Å². The van der Waals surface area contributed by atoms with E-state index >= 15 is 0 Å². The molecule has 1 atom stereocenters. The molecule has 0 aliphatic heterocycles. The third-order valence-corrected chi connectivity index (χ3v) is 7.84. The summed E-state index contributed by atoms with van der Waals surface area (Å²) in [6.45, 7) is 4.50. The average Bonchev–Trinajstić information content (AvgIpc) is 3.51. The first-order valence-electron chi connectivity index (χ1n) is 10.9. The highest BCUT2D eigenvalue weighted by molar-refractivity contribution is 7.99. The fourth-order valence-electron chi connectivity index (χ4n) is 3.91. The van der Waals surface area contributed by atoms with Gasteiger partial charge >= 0.3 is 5.97 Å². The van der Waals surface area contributed by atoms with Crippen LogP contribution in [-0.2, 0) is 28.9 Å². The van der Waals surface area contributed by atoms with Crippen LogP contribution in [-0.4, -0.2) is 39.5 Å². The molecular formula is C23H25ClN4O4S2. The van der Waals surface area contributed by atoms with Crippen molar-refractivity contribution < 1.29 is 19.1 Å². The number of ether oxygens (including phenoxy) is 2. The molecule has 4 rings (SSSR count). The van der Waals surface area contributed by atoms with E-state index in [0.29, 0.717) is 38.9 Å². The first-order chi connectivity index (χ1) is 16.4. The number of anilines is 1. The van der Waals surface area contributed by atoms with E-state index in [9.17, 15) is 9.59 Å². The smallest absolute Gasteiger partial charge is 0.341 e. The third-order valence-electron chi connectivity index (χ3n) is 5.43. The Hall–Kier alpha value is -2.56. The molecule has 2 heterocycles. The molecule has 2 aromatic heterocycles. The number of carbonyl (C=O) groups is 2. The Bertz CT molecular complexity index is 1210. The zero-order chi connectivity index (χ0) is 24.2. The molecule has 180 valence electrons. The third kappa shape index (κ3) is 5.24. The van der Waals surface area contributed by atoms with E-state index in [1.165, 1.54) is 30.2 Å². The number of amides is 1. The van der Waals surface area contributed by atoms with Gasteiger partial charge < -0.3 is 19.4 Å². The van der Waals surface area contributed by atoms with Crippen LogP contribution in [0.2, 0.25) is 5.02 Å². The van der Waals surface area contributed by atoms with Gasteiger partial charge in [0, 0.05) is 16.4 Å². The number of benzene rings is 1. The second-order valence-electron chi connectivity index (χ2n) is 7.69. The topological polar surface area (TPSA) is 95.3 Å². The molecule has 0 radical (unpaired) electrons. The Morgan fingerprint density at radius 2 is 2.15 bits per heavy atom. The summed E-state index contributed by atoms with van der Waals surface area (Å²) in [5, 5.41) is 13.2. The lowest BCUT2D eigenvalue weighted by molar-refractivity contribution is -0.113. The quantitative estimate of drug-likeness (QED) is 0.307. The summed E-state index contributed by atoms with van der Waals surface area (Å²) >= 11 is 8.79. The highest BCUT2D eigenvalue weighted by atomic mass is 35.5. The molecule has 1 aliphatic carbocycles. The SMILES string of the molecule is CCn1c(SCC(=O)Nc2sc3c(c2C(=O)OC)CCC3)nnc1C(C)Oc1cccc(Cl)c1. The van der Waals surface area contributed by atoms with Crippen LogP contribution in [0.5, 0.6) is 5.75 Å². The summed E-state index contributed by atoms with van der Waals surface area (Å²) in [6, 6.07) is 7.18. The minimum Gasteiger partial charge on any atom is -0.483 e. The lowest BCUT2D eigenvalue weighted by atomic mass is 10.1. The number of nitrogens with zero attached hydrogens (tertiary/aromatic N) is 3. The molecule has 3 aromatic rings. The second-order valence-corrected chi connectivity index (χ2v) is 10.2. The van der Waals surface area contributed by atoms with Gasteiger partial charge in [0.15, 0.2) is 17.1 Å². The summed E-state index contributed by atoms with van der Waals surface area (Å²) in [6.07, 6.45) is 2.42. The van der Waals surface area contributed by atoms with Crippen molar-refractivity contribution in [2.24, 2.45) is 0 Å². The Morgan fingerprint density at radius 1 is 1.32 bits per heavy atom. The lowest BCUT2D eigenvalue weighted by Gasteiger charge is -2.15. The number of nitrogens with one attached hydrogen (secondary N) is 1. The molecular weight excluding hydrogens is 496 g/mol. The number of thiophene rings is 1. The molecule has 0 saturated carbocycles. The molecule has 0 fully saturated rings. The van der Waals surface area contributed by atoms with E-state index in [-0.39, 0.29) is 17.8 Å². The van der Waals surface area contributed by atoms with Crippen molar-refractivity contribution in [2.75, 3.05) is 18.2 Å². The number of methoxy groups -OCH3 is 1. The van der Waals surface area contributed by atoms with Crippen molar-refractivity contribution in [3.8, 4) is 5.75 Å². The van der Waals surface area contributed by atoms with Crippen LogP contribution in [0.25, 0.3) is 0 Å². The number of halogens is 1. The summed E-state index contributed by atoms with van der Waals surface area (Å²) in [5.74, 6) is 0.804. The number of hydrogen-bond acceptors (Lipinski definition) is 8. The second kappa shape index (κ2) is 10.8. The number of carbonyl (C=O) groups excluding carboxylic acids is 2. The number of rotatable bonds is 9. The Balaban J connectivity index is 1.42. The van der Waals surface area contributed by atoms with Gasteiger partial charge in [-0.15, -0.1) is 21.5 Å². The van der Waals surface area contributed by atoms with Gasteiger partial charge in [-0.2, -0.15) is 0 Å². The van der Waals surface area contributed by atoms with E-state index in [1.54, 1.807) is 12.1 Å². The van der Waals surface area contributed by atoms with Gasteiger partial charge in [-0.3, -0.25) is 4.79 Å². The van der Waals surface area contributed by atoms with Crippen LogP contribution in [0.3, 0.4) is 0 Å². The van der Waals surface area contributed by atoms with Crippen LogP contribution >= 0.6 is 34.7 Å². The summed E-state index contributed by atoms with van der Waals surface area (Å²) in [7, 11) is 1.36. The van der Waals surface area contributed by atoms with E-state index in [2.05, 4.69) is 15.5 Å². The fraction of sp³-hybridized carbons (Fsp3) is 0.391. The van der Waals surface area contributed by atoms with Crippen LogP contribution in [0, 0.1) is 0 Å². The van der Waals surface area contributed by atoms with Gasteiger partial charge in [-0.05, 0) is 56.9 Å². The molecule has 1 amide bonds. The van der Waals surface area contributed by atoms with Crippen LogP contribution in [0.1, 0.15) is 53.0 Å². The number of esters is 1. The van der Waals surface area contributed by atoms with Gasteiger partial charge in [0.25, 0.3) is 0 Å². The largest absolute Gasteiger partial charge is 0.483 e. The fourth-order valence-corrected chi connectivity index (χ4v) is 6.19. The zero-order valence-corrected chi connectivity index (χ0v) is 21.5. The standard InChI is InChI=1S/C23H25ClN4O4S2/c1-4-28-20(13(2)32-15-8-5-7-14(24)11-15)26-27-23(28)33-12-18(29)25-21-19(22(30)31-3)16-9-6-10-17(16)34-21/h5,7-8,11,13H,4,6,9-10,12H2,1-3H3,(H,25,29). The molecule has 34 heavy (non-hydrogen) atoms. The number of aromatic nitrogens is 3. The number of aryl methyl sites for hydroxylation is 1. The summed E-state index contributed by atoms with van der Waals surface area (Å²) in [4.78, 5) is 26.2. The van der Waals surface area contributed by atoms with Gasteiger partial charge in [0.05, 0.1) is 18.4 Å². The molecule has 1 aromatic carbocycles. The molecule has 8 nitrogen and oxygen atoms in total. The van der Waals surface area contributed by atoms with Crippen molar-refractivity contribution in [3.05, 3.63) is 51.1 Å². The van der Waals surface area contributed by atoms with E-state index in [1.807, 2.05) is 30.5 Å². The van der Waals surface area contributed by atoms with E-state index in [4.69, 9.17) is 21.1 Å². The lowest BCUT2D eigenvalue weighted by Crippen LogP contribution is -2.17. The highest BCUT2D eigenvalue weighted by Gasteiger charge is 2.28. The van der Waals surface area contributed by atoms with Crippen molar-refractivity contribution in [1.29, 1.82) is 0 Å². The minimum atomic E-state index is -0.411. The van der Waals surface area contributed by atoms with Crippen LogP contribution < -0.4 is 10.1 Å². The molecule has 11 heteroatoms. The molecule has 1 aliphatic rings. The van der Waals surface area contributed by atoms with Gasteiger partial charge in [-0.1, -0.05) is 29.4 Å². The molecule has 1 unspecified atom stereocenters. The maximum Gasteiger partial charge on any atom is 0.341 e. The number of thioether (sulfide) groups is 1. The predicted molar refractivity (Wildman–Crippen MR) is 133 cm³/mol. The van der Waals surface area contributed by atoms with Crippen molar-refractivity contribution >= 4 is 51.6 Å². The predicted octanol–water partition coefficient (Wildman–Crippen LogP) is 5.16. The molecule has 0 spiro atoms. The first-order valence-corrected chi connectivity index (χ1v) is 13.1. The monoisotopic (exact) mass is 520 g/mol. The minimum absolute atomic E-state index is 0.130. The van der Waals surface area contributed by atoms with Gasteiger partial charge in [-0.25, -0.2) is 4.79 Å². The van der Waals surface area contributed by atoms with Gasteiger partial charge in [0.2, 0.25) is 5.91 Å². The Labute approximate surface area is 211 Å². The van der Waals surface area contributed by atoms with Crippen molar-refractivity contribution in [2.45, 2.75) is 50.9 Å². The average molecular weight is 521 g/mol. The normalized spacial score (nSPS) is 13.4. The van der Waals surface area contributed by atoms with Crippen LogP contribution in [0.4, 0.5) is 5.00 Å². The molecule has 1 N–H and O–H groups in total. The Kier molecular flexibility index (Phi) is 7.80. The highest BCUT2D eigenvalue weighted by Crippen LogP contribution is 2.39. The zero-order valence-electron chi connectivity index (χ0n) is 19.1. The van der Waals surface area contributed by atoms with Crippen LogP contribution in [0.15, 0.2) is 29.4 Å². The molecule has 0 bridgehead atoms. The first kappa shape index (κ1) is 24.6. The maximum absolute atomic E-state index is 12.7. The van der Waals surface area contributed by atoms with Crippen molar-refractivity contribution in [3.63, 3.8) is 0 Å². The number of hydrogen-bond donors (Lipinski definition) is 1. The number of fused-ring (bicyclic) bond motifs is 1. The Morgan fingerprint density at radius 3 is 2.88 bits per heavy atom. The van der Waals surface area contributed by atoms with E-state index < -0.39 is 5.97 Å².